The first-order valence-corrected chi connectivity index (χ1v) is 4.78. The van der Waals surface area contributed by atoms with E-state index in [1.54, 1.807) is 0 Å². The monoisotopic (exact) mass is 215 g/mol. The predicted molar refractivity (Wildman–Crippen MR) is 51.0 cm³/mol. The topological polar surface area (TPSA) is 51.0 Å². The molecule has 13 heavy (non-hydrogen) atoms. The summed E-state index contributed by atoms with van der Waals surface area (Å²) >= 11 is 7.28. The van der Waals surface area contributed by atoms with Gasteiger partial charge in [0.1, 0.15) is 0 Å². The fraction of sp³-hybridized carbons (Fsp3) is 0.143. The molecule has 0 atom stereocenters. The summed E-state index contributed by atoms with van der Waals surface area (Å²) in [7, 11) is 0. The van der Waals surface area contributed by atoms with Gasteiger partial charge >= 0.3 is 6.01 Å². The summed E-state index contributed by atoms with van der Waals surface area (Å²) in [5.74, 6) is 0. The average molecular weight is 216 g/mol. The summed E-state index contributed by atoms with van der Waals surface area (Å²) < 4.78 is 5.68. The zero-order chi connectivity index (χ0) is 9.10. The molecule has 0 aromatic carbocycles. The van der Waals surface area contributed by atoms with Crippen molar-refractivity contribution in [3.8, 4) is 0 Å². The van der Waals surface area contributed by atoms with Crippen molar-refractivity contribution in [3.05, 3.63) is 27.7 Å². The number of rotatable bonds is 3. The van der Waals surface area contributed by atoms with Crippen molar-refractivity contribution < 1.29 is 4.42 Å². The molecule has 2 aromatic heterocycles. The van der Waals surface area contributed by atoms with Crippen LogP contribution in [0.5, 0.6) is 0 Å². The van der Waals surface area contributed by atoms with E-state index in [-0.39, 0.29) is 0 Å². The SMILES string of the molecule is Clc1ccc(CNc2nnco2)s1. The van der Waals surface area contributed by atoms with Crippen molar-refractivity contribution >= 4 is 29.0 Å². The molecule has 68 valence electrons. The van der Waals surface area contributed by atoms with Crippen LogP contribution in [0.1, 0.15) is 4.88 Å². The maximum absolute atomic E-state index is 5.76. The Hall–Kier alpha value is -1.07. The van der Waals surface area contributed by atoms with Gasteiger partial charge in [0.2, 0.25) is 6.39 Å². The zero-order valence-corrected chi connectivity index (χ0v) is 8.10. The zero-order valence-electron chi connectivity index (χ0n) is 6.53. The third-order valence-electron chi connectivity index (χ3n) is 1.40. The normalized spacial score (nSPS) is 10.2. The first kappa shape index (κ1) is 8.52. The lowest BCUT2D eigenvalue weighted by Gasteiger charge is -1.95. The summed E-state index contributed by atoms with van der Waals surface area (Å²) in [6, 6.07) is 4.23. The highest BCUT2D eigenvalue weighted by Gasteiger charge is 2.00. The molecule has 0 radical (unpaired) electrons. The Balaban J connectivity index is 1.93. The Bertz CT molecular complexity index is 373. The summed E-state index contributed by atoms with van der Waals surface area (Å²) in [6.07, 6.45) is 1.28. The quantitative estimate of drug-likeness (QED) is 0.854. The van der Waals surface area contributed by atoms with Crippen molar-refractivity contribution in [2.45, 2.75) is 6.54 Å². The van der Waals surface area contributed by atoms with E-state index >= 15 is 0 Å². The minimum Gasteiger partial charge on any atom is -0.411 e. The van der Waals surface area contributed by atoms with Crippen LogP contribution in [0.15, 0.2) is 22.9 Å². The molecular weight excluding hydrogens is 210 g/mol. The van der Waals surface area contributed by atoms with Gasteiger partial charge in [-0.3, -0.25) is 0 Å². The Labute approximate surface area is 83.5 Å². The van der Waals surface area contributed by atoms with Gasteiger partial charge in [-0.15, -0.1) is 16.4 Å². The van der Waals surface area contributed by atoms with Gasteiger partial charge < -0.3 is 9.73 Å². The Kier molecular flexibility index (Phi) is 2.47. The third-order valence-corrected chi connectivity index (χ3v) is 2.63. The van der Waals surface area contributed by atoms with E-state index in [0.29, 0.717) is 12.6 Å². The highest BCUT2D eigenvalue weighted by atomic mass is 35.5. The molecule has 0 aliphatic carbocycles. The molecule has 0 bridgehead atoms. The number of halogens is 1. The summed E-state index contributed by atoms with van der Waals surface area (Å²) in [4.78, 5) is 1.13. The van der Waals surface area contributed by atoms with Gasteiger partial charge in [-0.05, 0) is 12.1 Å². The molecule has 0 saturated carbocycles. The van der Waals surface area contributed by atoms with Gasteiger partial charge in [-0.2, -0.15) is 0 Å². The second-order valence-corrected chi connectivity index (χ2v) is 4.10. The molecule has 0 aliphatic rings. The van der Waals surface area contributed by atoms with E-state index in [4.69, 9.17) is 16.0 Å². The summed E-state index contributed by atoms with van der Waals surface area (Å²) in [5.41, 5.74) is 0. The number of anilines is 1. The Morgan fingerprint density at radius 1 is 1.54 bits per heavy atom. The number of nitrogens with zero attached hydrogens (tertiary/aromatic N) is 2. The molecule has 2 aromatic rings. The van der Waals surface area contributed by atoms with Crippen molar-refractivity contribution in [3.63, 3.8) is 0 Å². The standard InChI is InChI=1S/C7H6ClN3OS/c8-6-2-1-5(13-6)3-9-7-11-10-4-12-7/h1-2,4H,3H2,(H,9,11). The van der Waals surface area contributed by atoms with Gasteiger partial charge in [0.25, 0.3) is 0 Å². The van der Waals surface area contributed by atoms with E-state index in [2.05, 4.69) is 15.5 Å². The Morgan fingerprint density at radius 3 is 3.08 bits per heavy atom. The van der Waals surface area contributed by atoms with Gasteiger partial charge in [0, 0.05) is 4.88 Å². The van der Waals surface area contributed by atoms with Crippen LogP contribution in [0.4, 0.5) is 6.01 Å². The van der Waals surface area contributed by atoms with Crippen LogP contribution >= 0.6 is 22.9 Å². The lowest BCUT2D eigenvalue weighted by atomic mass is 10.5. The molecule has 4 nitrogen and oxygen atoms in total. The smallest absolute Gasteiger partial charge is 0.315 e. The maximum Gasteiger partial charge on any atom is 0.315 e. The van der Waals surface area contributed by atoms with Crippen molar-refractivity contribution in [2.75, 3.05) is 5.32 Å². The van der Waals surface area contributed by atoms with Crippen molar-refractivity contribution in [1.82, 2.24) is 10.2 Å². The Morgan fingerprint density at radius 2 is 2.46 bits per heavy atom. The molecule has 1 N–H and O–H groups in total. The predicted octanol–water partition coefficient (Wildman–Crippen LogP) is 2.40. The molecule has 0 unspecified atom stereocenters. The molecule has 0 aliphatic heterocycles. The maximum atomic E-state index is 5.76. The number of nitrogens with one attached hydrogen (secondary N) is 1. The third kappa shape index (κ3) is 2.19. The van der Waals surface area contributed by atoms with Gasteiger partial charge in [-0.1, -0.05) is 16.7 Å². The fourth-order valence-corrected chi connectivity index (χ4v) is 1.89. The molecule has 0 saturated heterocycles. The van der Waals surface area contributed by atoms with Gasteiger partial charge in [-0.25, -0.2) is 0 Å². The summed E-state index contributed by atoms with van der Waals surface area (Å²) in [5, 5.41) is 10.2. The minimum atomic E-state index is 0.421. The van der Waals surface area contributed by atoms with Crippen LogP contribution in [-0.4, -0.2) is 10.2 Å². The first-order valence-electron chi connectivity index (χ1n) is 3.59. The molecule has 0 spiro atoms. The molecular formula is C7H6ClN3OS. The minimum absolute atomic E-state index is 0.421. The lowest BCUT2D eigenvalue weighted by molar-refractivity contribution is 0.565. The van der Waals surface area contributed by atoms with E-state index in [0.717, 1.165) is 9.21 Å². The number of thiophene rings is 1. The number of hydrogen-bond donors (Lipinski definition) is 1. The second kappa shape index (κ2) is 3.76. The van der Waals surface area contributed by atoms with Crippen molar-refractivity contribution in [1.29, 1.82) is 0 Å². The molecule has 0 amide bonds. The fourth-order valence-electron chi connectivity index (χ4n) is 0.860. The lowest BCUT2D eigenvalue weighted by Crippen LogP contribution is -1.97. The second-order valence-electron chi connectivity index (χ2n) is 2.30. The van der Waals surface area contributed by atoms with Crippen LogP contribution in [0, 0.1) is 0 Å². The highest BCUT2D eigenvalue weighted by molar-refractivity contribution is 7.16. The van der Waals surface area contributed by atoms with Gasteiger partial charge in [0.05, 0.1) is 10.9 Å². The average Bonchev–Trinajstić information content (AvgIpc) is 2.71. The first-order chi connectivity index (χ1) is 6.34. The van der Waals surface area contributed by atoms with Crippen LogP contribution in [0.3, 0.4) is 0 Å². The number of hydrogen-bond acceptors (Lipinski definition) is 5. The molecule has 6 heteroatoms. The van der Waals surface area contributed by atoms with E-state index < -0.39 is 0 Å². The molecule has 0 fully saturated rings. The van der Waals surface area contributed by atoms with E-state index in [1.165, 1.54) is 17.7 Å². The van der Waals surface area contributed by atoms with Crippen LogP contribution in [-0.2, 0) is 6.54 Å². The van der Waals surface area contributed by atoms with Crippen molar-refractivity contribution in [2.24, 2.45) is 0 Å². The molecule has 2 heterocycles. The van der Waals surface area contributed by atoms with Crippen LogP contribution in [0.2, 0.25) is 4.34 Å². The molecule has 2 rings (SSSR count). The summed E-state index contributed by atoms with van der Waals surface area (Å²) in [6.45, 7) is 0.652. The highest BCUT2D eigenvalue weighted by Crippen LogP contribution is 2.21. The number of aromatic nitrogens is 2. The van der Waals surface area contributed by atoms with E-state index in [9.17, 15) is 0 Å². The van der Waals surface area contributed by atoms with Crippen LogP contribution < -0.4 is 5.32 Å². The van der Waals surface area contributed by atoms with E-state index in [1.807, 2.05) is 12.1 Å². The van der Waals surface area contributed by atoms with Gasteiger partial charge in [0.15, 0.2) is 0 Å². The van der Waals surface area contributed by atoms with Crippen LogP contribution in [0.25, 0.3) is 0 Å². The largest absolute Gasteiger partial charge is 0.411 e.